The van der Waals surface area contributed by atoms with E-state index < -0.39 is 5.97 Å². The van der Waals surface area contributed by atoms with Gasteiger partial charge in [0, 0.05) is 13.5 Å². The first-order chi connectivity index (χ1) is 9.60. The molecule has 1 N–H and O–H groups in total. The van der Waals surface area contributed by atoms with Gasteiger partial charge in [0.2, 0.25) is 0 Å². The average molecular weight is 316 g/mol. The fraction of sp³-hybridized carbons (Fsp3) is 0.615. The van der Waals surface area contributed by atoms with Gasteiger partial charge in [-0.3, -0.25) is 4.79 Å². The van der Waals surface area contributed by atoms with Crippen molar-refractivity contribution in [3.05, 3.63) is 10.6 Å². The summed E-state index contributed by atoms with van der Waals surface area (Å²) in [5.74, 6) is 0.428. The predicted molar refractivity (Wildman–Crippen MR) is 84.2 cm³/mol. The van der Waals surface area contributed by atoms with E-state index in [0.717, 1.165) is 25.1 Å². The number of ether oxygens (including phenoxy) is 1. The number of aromatic nitrogens is 1. The quantitative estimate of drug-likeness (QED) is 0.429. The standard InChI is InChI=1S/C13H20N2O3S2/c1-4-18-12(17)10-11(9(2)16)20-13(15-10)14-7-5-6-8-19-3/h4-8H2,1-3H3,(H,14,15). The monoisotopic (exact) mass is 316 g/mol. The van der Waals surface area contributed by atoms with E-state index in [9.17, 15) is 9.59 Å². The lowest BCUT2D eigenvalue weighted by atomic mass is 10.3. The molecule has 0 atom stereocenters. The molecule has 1 rings (SSSR count). The molecule has 20 heavy (non-hydrogen) atoms. The first-order valence-corrected chi connectivity index (χ1v) is 8.72. The van der Waals surface area contributed by atoms with E-state index in [-0.39, 0.29) is 18.1 Å². The van der Waals surface area contributed by atoms with E-state index in [1.165, 1.54) is 18.3 Å². The number of nitrogens with zero attached hydrogens (tertiary/aromatic N) is 1. The van der Waals surface area contributed by atoms with Crippen LogP contribution in [0.2, 0.25) is 0 Å². The normalized spacial score (nSPS) is 10.3. The van der Waals surface area contributed by atoms with Gasteiger partial charge in [0.1, 0.15) is 4.88 Å². The number of esters is 1. The van der Waals surface area contributed by atoms with Crippen molar-refractivity contribution in [2.45, 2.75) is 26.7 Å². The van der Waals surface area contributed by atoms with Gasteiger partial charge in [-0.2, -0.15) is 11.8 Å². The van der Waals surface area contributed by atoms with Gasteiger partial charge in [-0.1, -0.05) is 11.3 Å². The van der Waals surface area contributed by atoms with Crippen LogP contribution in [0, 0.1) is 0 Å². The third-order valence-corrected chi connectivity index (χ3v) is 4.28. The topological polar surface area (TPSA) is 68.3 Å². The molecule has 112 valence electrons. The van der Waals surface area contributed by atoms with Gasteiger partial charge in [0.25, 0.3) is 0 Å². The molecule has 5 nitrogen and oxygen atoms in total. The molecule has 0 fully saturated rings. The van der Waals surface area contributed by atoms with E-state index in [1.807, 2.05) is 11.8 Å². The third-order valence-electron chi connectivity index (χ3n) is 2.47. The number of thioether (sulfide) groups is 1. The Labute approximate surface area is 127 Å². The zero-order valence-electron chi connectivity index (χ0n) is 12.0. The third kappa shape index (κ3) is 5.13. The van der Waals surface area contributed by atoms with Gasteiger partial charge >= 0.3 is 5.97 Å². The van der Waals surface area contributed by atoms with Crippen LogP contribution in [0.15, 0.2) is 0 Å². The first-order valence-electron chi connectivity index (χ1n) is 6.51. The fourth-order valence-corrected chi connectivity index (χ4v) is 2.91. The maximum atomic E-state index is 11.7. The summed E-state index contributed by atoms with van der Waals surface area (Å²) in [6, 6.07) is 0. The van der Waals surface area contributed by atoms with Crippen molar-refractivity contribution < 1.29 is 14.3 Å². The molecule has 0 saturated heterocycles. The molecule has 0 bridgehead atoms. The minimum absolute atomic E-state index is 0.121. The lowest BCUT2D eigenvalue weighted by Gasteiger charge is -2.01. The second-order valence-electron chi connectivity index (χ2n) is 4.10. The number of thiazole rings is 1. The number of nitrogens with one attached hydrogen (secondary N) is 1. The molecule has 1 aromatic heterocycles. The number of hydrogen-bond donors (Lipinski definition) is 1. The van der Waals surface area contributed by atoms with Gasteiger partial charge in [0.05, 0.1) is 6.61 Å². The van der Waals surface area contributed by atoms with E-state index in [4.69, 9.17) is 4.74 Å². The van der Waals surface area contributed by atoms with Crippen LogP contribution in [-0.4, -0.2) is 41.9 Å². The number of anilines is 1. The summed E-state index contributed by atoms with van der Waals surface area (Å²) in [6.45, 7) is 4.21. The van der Waals surface area contributed by atoms with E-state index in [2.05, 4.69) is 16.6 Å². The summed E-state index contributed by atoms with van der Waals surface area (Å²) in [5, 5.41) is 3.75. The van der Waals surface area contributed by atoms with Crippen LogP contribution in [0.3, 0.4) is 0 Å². The van der Waals surface area contributed by atoms with Crippen LogP contribution in [0.25, 0.3) is 0 Å². The van der Waals surface area contributed by atoms with Crippen molar-refractivity contribution in [1.82, 2.24) is 4.98 Å². The Bertz CT molecular complexity index is 460. The Morgan fingerprint density at radius 2 is 2.15 bits per heavy atom. The molecule has 0 aliphatic carbocycles. The number of Topliss-reactive ketones (excluding diaryl/α,β-unsaturated/α-hetero) is 1. The zero-order valence-corrected chi connectivity index (χ0v) is 13.7. The molecule has 0 aromatic carbocycles. The molecule has 1 aromatic rings. The minimum Gasteiger partial charge on any atom is -0.461 e. The number of carbonyl (C=O) groups is 2. The van der Waals surface area contributed by atoms with Gasteiger partial charge in [-0.05, 0) is 31.8 Å². The summed E-state index contributed by atoms with van der Waals surface area (Å²) >= 11 is 3.03. The van der Waals surface area contributed by atoms with Gasteiger partial charge in [-0.15, -0.1) is 0 Å². The Balaban J connectivity index is 2.66. The lowest BCUT2D eigenvalue weighted by Crippen LogP contribution is -2.09. The van der Waals surface area contributed by atoms with Crippen LogP contribution in [0.5, 0.6) is 0 Å². The number of ketones is 1. The Morgan fingerprint density at radius 1 is 1.40 bits per heavy atom. The van der Waals surface area contributed by atoms with Gasteiger partial charge < -0.3 is 10.1 Å². The summed E-state index contributed by atoms with van der Waals surface area (Å²) in [4.78, 5) is 27.8. The van der Waals surface area contributed by atoms with E-state index >= 15 is 0 Å². The second kappa shape index (κ2) is 8.97. The van der Waals surface area contributed by atoms with Crippen molar-refractivity contribution in [3.8, 4) is 0 Å². The van der Waals surface area contributed by atoms with Crippen molar-refractivity contribution in [2.24, 2.45) is 0 Å². The number of rotatable bonds is 9. The lowest BCUT2D eigenvalue weighted by molar-refractivity contribution is 0.0517. The van der Waals surface area contributed by atoms with Crippen LogP contribution >= 0.6 is 23.1 Å². The Kier molecular flexibility index (Phi) is 7.61. The molecule has 1 heterocycles. The molecule has 0 aliphatic heterocycles. The highest BCUT2D eigenvalue weighted by molar-refractivity contribution is 7.98. The summed E-state index contributed by atoms with van der Waals surface area (Å²) in [6.07, 6.45) is 4.24. The van der Waals surface area contributed by atoms with Crippen LogP contribution in [0.4, 0.5) is 5.13 Å². The van der Waals surface area contributed by atoms with Crippen LogP contribution in [-0.2, 0) is 4.74 Å². The smallest absolute Gasteiger partial charge is 0.358 e. The molecule has 0 aliphatic rings. The van der Waals surface area contributed by atoms with Crippen molar-refractivity contribution in [1.29, 1.82) is 0 Å². The fourth-order valence-electron chi connectivity index (χ4n) is 1.54. The number of carbonyl (C=O) groups excluding carboxylic acids is 2. The van der Waals surface area contributed by atoms with E-state index in [1.54, 1.807) is 6.92 Å². The zero-order chi connectivity index (χ0) is 15.0. The molecule has 0 unspecified atom stereocenters. The molecule has 0 amide bonds. The van der Waals surface area contributed by atoms with Crippen molar-refractivity contribution >= 4 is 40.0 Å². The first kappa shape index (κ1) is 17.0. The molecular weight excluding hydrogens is 296 g/mol. The number of unbranched alkanes of at least 4 members (excludes halogenated alkanes) is 1. The van der Waals surface area contributed by atoms with Crippen LogP contribution < -0.4 is 5.32 Å². The largest absolute Gasteiger partial charge is 0.461 e. The molecule has 7 heteroatoms. The second-order valence-corrected chi connectivity index (χ2v) is 6.08. The number of hydrogen-bond acceptors (Lipinski definition) is 7. The summed E-state index contributed by atoms with van der Waals surface area (Å²) in [7, 11) is 0. The molecule has 0 saturated carbocycles. The predicted octanol–water partition coefficient (Wildman–Crippen LogP) is 3.08. The highest BCUT2D eigenvalue weighted by Gasteiger charge is 2.21. The van der Waals surface area contributed by atoms with E-state index in [0.29, 0.717) is 10.0 Å². The molecular formula is C13H20N2O3S2. The maximum absolute atomic E-state index is 11.7. The van der Waals surface area contributed by atoms with Crippen molar-refractivity contribution in [3.63, 3.8) is 0 Å². The highest BCUT2D eigenvalue weighted by atomic mass is 32.2. The van der Waals surface area contributed by atoms with Crippen molar-refractivity contribution in [2.75, 3.05) is 30.5 Å². The van der Waals surface area contributed by atoms with Gasteiger partial charge in [-0.25, -0.2) is 9.78 Å². The molecule has 0 radical (unpaired) electrons. The molecule has 0 spiro atoms. The average Bonchev–Trinajstić information content (AvgIpc) is 2.83. The summed E-state index contributed by atoms with van der Waals surface area (Å²) in [5.41, 5.74) is 0.121. The van der Waals surface area contributed by atoms with Crippen LogP contribution in [0.1, 0.15) is 46.8 Å². The minimum atomic E-state index is -0.538. The maximum Gasteiger partial charge on any atom is 0.358 e. The van der Waals surface area contributed by atoms with Gasteiger partial charge in [0.15, 0.2) is 16.6 Å². The highest BCUT2D eigenvalue weighted by Crippen LogP contribution is 2.24. The SMILES string of the molecule is CCOC(=O)c1nc(NCCCCSC)sc1C(C)=O. The summed E-state index contributed by atoms with van der Waals surface area (Å²) < 4.78 is 4.91. The Hall–Kier alpha value is -1.08. The Morgan fingerprint density at radius 3 is 2.75 bits per heavy atom.